The van der Waals surface area contributed by atoms with Crippen molar-refractivity contribution in [2.45, 2.75) is 19.5 Å². The largest absolute Gasteiger partial charge is 0.497 e. The molecule has 1 aliphatic heterocycles. The molecule has 1 N–H and O–H groups in total. The Morgan fingerprint density at radius 1 is 1.07 bits per heavy atom. The van der Waals surface area contributed by atoms with Crippen molar-refractivity contribution in [1.82, 2.24) is 14.9 Å². The van der Waals surface area contributed by atoms with E-state index in [0.29, 0.717) is 5.82 Å². The molecule has 0 saturated carbocycles. The minimum Gasteiger partial charge on any atom is -0.497 e. The van der Waals surface area contributed by atoms with Gasteiger partial charge in [0.25, 0.3) is 0 Å². The number of anilines is 1. The second-order valence-corrected chi connectivity index (χ2v) is 6.89. The minimum atomic E-state index is -0.263. The Balaban J connectivity index is 1.59. The molecule has 0 radical (unpaired) electrons. The van der Waals surface area contributed by atoms with Gasteiger partial charge in [0.2, 0.25) is 0 Å². The van der Waals surface area contributed by atoms with Gasteiger partial charge in [-0.1, -0.05) is 12.1 Å². The van der Waals surface area contributed by atoms with E-state index < -0.39 is 0 Å². The number of halogens is 1. The zero-order valence-corrected chi connectivity index (χ0v) is 16.1. The molecule has 4 rings (SSSR count). The number of nitrogens with zero attached hydrogens (tertiary/aromatic N) is 3. The van der Waals surface area contributed by atoms with E-state index in [9.17, 15) is 4.39 Å². The van der Waals surface area contributed by atoms with Gasteiger partial charge in [0, 0.05) is 37.8 Å². The van der Waals surface area contributed by atoms with Crippen molar-refractivity contribution in [3.8, 4) is 17.1 Å². The standard InChI is InChI=1S/C22H23FN4O/c1-24-22-19-11-12-27(13-15-3-9-18(28-2)10-4-15)14-20(19)25-21(26-22)16-5-7-17(23)8-6-16/h3-10H,11-14H2,1-2H3,(H,24,25,26). The molecule has 3 aromatic rings. The molecule has 0 bridgehead atoms. The molecule has 0 atom stereocenters. The topological polar surface area (TPSA) is 50.3 Å². The zero-order valence-electron chi connectivity index (χ0n) is 16.1. The van der Waals surface area contributed by atoms with Crippen LogP contribution in [0.25, 0.3) is 11.4 Å². The Bertz CT molecular complexity index is 958. The van der Waals surface area contributed by atoms with Gasteiger partial charge >= 0.3 is 0 Å². The van der Waals surface area contributed by atoms with Crippen LogP contribution in [0.2, 0.25) is 0 Å². The van der Waals surface area contributed by atoms with Gasteiger partial charge in [0.05, 0.1) is 12.8 Å². The molecule has 0 amide bonds. The summed E-state index contributed by atoms with van der Waals surface area (Å²) in [7, 11) is 3.55. The van der Waals surface area contributed by atoms with Crippen molar-refractivity contribution in [2.24, 2.45) is 0 Å². The fraction of sp³-hybridized carbons (Fsp3) is 0.273. The molecule has 0 unspecified atom stereocenters. The van der Waals surface area contributed by atoms with E-state index >= 15 is 0 Å². The Hall–Kier alpha value is -2.99. The van der Waals surface area contributed by atoms with Gasteiger partial charge in [-0.2, -0.15) is 0 Å². The summed E-state index contributed by atoms with van der Waals surface area (Å²) in [6, 6.07) is 14.5. The fourth-order valence-electron chi connectivity index (χ4n) is 3.54. The van der Waals surface area contributed by atoms with Gasteiger partial charge in [0.15, 0.2) is 5.82 Å². The van der Waals surface area contributed by atoms with Crippen LogP contribution in [0.3, 0.4) is 0 Å². The molecule has 28 heavy (non-hydrogen) atoms. The number of nitrogens with one attached hydrogen (secondary N) is 1. The fourth-order valence-corrected chi connectivity index (χ4v) is 3.54. The van der Waals surface area contributed by atoms with Gasteiger partial charge < -0.3 is 10.1 Å². The maximum Gasteiger partial charge on any atom is 0.161 e. The normalized spacial score (nSPS) is 13.8. The van der Waals surface area contributed by atoms with Crippen LogP contribution in [0.5, 0.6) is 5.75 Å². The molecule has 0 fully saturated rings. The Kier molecular flexibility index (Phi) is 5.21. The van der Waals surface area contributed by atoms with Gasteiger partial charge in [-0.25, -0.2) is 14.4 Å². The smallest absolute Gasteiger partial charge is 0.161 e. The zero-order chi connectivity index (χ0) is 19.5. The Labute approximate surface area is 164 Å². The van der Waals surface area contributed by atoms with Crippen molar-refractivity contribution in [3.63, 3.8) is 0 Å². The first-order valence-corrected chi connectivity index (χ1v) is 9.35. The average molecular weight is 378 g/mol. The van der Waals surface area contributed by atoms with Crippen molar-refractivity contribution < 1.29 is 9.13 Å². The molecule has 2 aromatic carbocycles. The van der Waals surface area contributed by atoms with Crippen molar-refractivity contribution in [2.75, 3.05) is 26.0 Å². The van der Waals surface area contributed by atoms with Crippen LogP contribution < -0.4 is 10.1 Å². The van der Waals surface area contributed by atoms with E-state index in [-0.39, 0.29) is 5.82 Å². The first-order valence-electron chi connectivity index (χ1n) is 9.35. The van der Waals surface area contributed by atoms with E-state index in [1.165, 1.54) is 23.3 Å². The molecular weight excluding hydrogens is 355 g/mol. The van der Waals surface area contributed by atoms with E-state index in [0.717, 1.165) is 48.9 Å². The van der Waals surface area contributed by atoms with Crippen LogP contribution in [0, 0.1) is 5.82 Å². The van der Waals surface area contributed by atoms with Crippen molar-refractivity contribution >= 4 is 5.82 Å². The van der Waals surface area contributed by atoms with Crippen LogP contribution in [0.4, 0.5) is 10.2 Å². The van der Waals surface area contributed by atoms with Crippen LogP contribution >= 0.6 is 0 Å². The lowest BCUT2D eigenvalue weighted by Gasteiger charge is -2.29. The lowest BCUT2D eigenvalue weighted by Crippen LogP contribution is -2.31. The summed E-state index contributed by atoms with van der Waals surface area (Å²) in [5.41, 5.74) is 4.25. The average Bonchev–Trinajstić information content (AvgIpc) is 2.74. The van der Waals surface area contributed by atoms with Gasteiger partial charge in [-0.15, -0.1) is 0 Å². The van der Waals surface area contributed by atoms with Gasteiger partial charge in [-0.05, 0) is 48.4 Å². The second-order valence-electron chi connectivity index (χ2n) is 6.89. The van der Waals surface area contributed by atoms with E-state index in [4.69, 9.17) is 9.72 Å². The Morgan fingerprint density at radius 2 is 1.82 bits per heavy atom. The molecule has 2 heterocycles. The Morgan fingerprint density at radius 3 is 2.50 bits per heavy atom. The summed E-state index contributed by atoms with van der Waals surface area (Å²) in [5, 5.41) is 3.20. The summed E-state index contributed by atoms with van der Waals surface area (Å²) in [5.74, 6) is 2.08. The second kappa shape index (κ2) is 7.94. The van der Waals surface area contributed by atoms with Gasteiger partial charge in [0.1, 0.15) is 17.4 Å². The molecule has 6 heteroatoms. The molecule has 1 aromatic heterocycles. The number of aromatic nitrogens is 2. The molecule has 0 saturated heterocycles. The number of ether oxygens (including phenoxy) is 1. The number of hydrogen-bond acceptors (Lipinski definition) is 5. The highest BCUT2D eigenvalue weighted by Crippen LogP contribution is 2.28. The highest BCUT2D eigenvalue weighted by molar-refractivity contribution is 5.60. The first-order chi connectivity index (χ1) is 13.7. The molecule has 5 nitrogen and oxygen atoms in total. The number of fused-ring (bicyclic) bond motifs is 1. The number of benzene rings is 2. The third kappa shape index (κ3) is 3.82. The van der Waals surface area contributed by atoms with Crippen LogP contribution in [0.15, 0.2) is 48.5 Å². The van der Waals surface area contributed by atoms with E-state index in [2.05, 4.69) is 27.3 Å². The summed E-state index contributed by atoms with van der Waals surface area (Å²) in [4.78, 5) is 11.8. The molecule has 0 spiro atoms. The highest BCUT2D eigenvalue weighted by atomic mass is 19.1. The molecule has 0 aliphatic carbocycles. The lowest BCUT2D eigenvalue weighted by atomic mass is 10.0. The summed E-state index contributed by atoms with van der Waals surface area (Å²) in [6.45, 7) is 2.56. The maximum absolute atomic E-state index is 13.3. The molecule has 144 valence electrons. The third-order valence-electron chi connectivity index (χ3n) is 5.05. The van der Waals surface area contributed by atoms with E-state index in [1.54, 1.807) is 19.2 Å². The first kappa shape index (κ1) is 18.4. The maximum atomic E-state index is 13.3. The van der Waals surface area contributed by atoms with Crippen LogP contribution in [-0.4, -0.2) is 35.6 Å². The lowest BCUT2D eigenvalue weighted by molar-refractivity contribution is 0.241. The van der Waals surface area contributed by atoms with Crippen LogP contribution in [-0.2, 0) is 19.5 Å². The predicted octanol–water partition coefficient (Wildman–Crippen LogP) is 3.89. The number of rotatable bonds is 5. The van der Waals surface area contributed by atoms with Gasteiger partial charge in [-0.3, -0.25) is 4.90 Å². The molecule has 1 aliphatic rings. The third-order valence-corrected chi connectivity index (χ3v) is 5.05. The molecular formula is C22H23FN4O. The minimum absolute atomic E-state index is 0.263. The van der Waals surface area contributed by atoms with E-state index in [1.807, 2.05) is 19.2 Å². The monoisotopic (exact) mass is 378 g/mol. The number of hydrogen-bond donors (Lipinski definition) is 1. The number of methoxy groups -OCH3 is 1. The predicted molar refractivity (Wildman–Crippen MR) is 108 cm³/mol. The summed E-state index contributed by atoms with van der Waals surface area (Å²) < 4.78 is 18.5. The quantitative estimate of drug-likeness (QED) is 0.730. The SMILES string of the molecule is CNc1nc(-c2ccc(F)cc2)nc2c1CCN(Cc1ccc(OC)cc1)C2. The highest BCUT2D eigenvalue weighted by Gasteiger charge is 2.22. The van der Waals surface area contributed by atoms with Crippen molar-refractivity contribution in [1.29, 1.82) is 0 Å². The summed E-state index contributed by atoms with van der Waals surface area (Å²) in [6.07, 6.45) is 0.894. The summed E-state index contributed by atoms with van der Waals surface area (Å²) >= 11 is 0. The van der Waals surface area contributed by atoms with Crippen LogP contribution in [0.1, 0.15) is 16.8 Å². The van der Waals surface area contributed by atoms with Crippen molar-refractivity contribution in [3.05, 3.63) is 71.2 Å².